The van der Waals surface area contributed by atoms with E-state index >= 15 is 0 Å². The maximum Gasteiger partial charge on any atom is 0.237 e. The minimum absolute atomic E-state index is 0.166. The minimum Gasteiger partial charge on any atom is -0.324 e. The van der Waals surface area contributed by atoms with Crippen molar-refractivity contribution in [1.29, 1.82) is 0 Å². The lowest BCUT2D eigenvalue weighted by atomic mass is 10.2. The van der Waals surface area contributed by atoms with E-state index in [2.05, 4.69) is 10.3 Å². The number of hydrogen-bond donors (Lipinski definition) is 1. The normalized spacial score (nSPS) is 12.0. The third-order valence-corrected chi connectivity index (χ3v) is 5.33. The summed E-state index contributed by atoms with van der Waals surface area (Å²) in [6.07, 6.45) is 1.79. The lowest BCUT2D eigenvalue weighted by Crippen LogP contribution is -2.23. The minimum atomic E-state index is -0.447. The number of halogens is 2. The molecular weight excluding hydrogens is 373 g/mol. The number of nitrogens with zero attached hydrogens (tertiary/aromatic N) is 2. The Balaban J connectivity index is 1.71. The van der Waals surface area contributed by atoms with Gasteiger partial charge in [-0.3, -0.25) is 4.79 Å². The fourth-order valence-corrected chi connectivity index (χ4v) is 3.48. The van der Waals surface area contributed by atoms with E-state index in [1.165, 1.54) is 30.0 Å². The van der Waals surface area contributed by atoms with Crippen LogP contribution in [0.25, 0.3) is 11.3 Å². The average molecular weight is 390 g/mol. The van der Waals surface area contributed by atoms with Crippen molar-refractivity contribution in [2.75, 3.05) is 5.32 Å². The number of benzene rings is 2. The van der Waals surface area contributed by atoms with Gasteiger partial charge in [-0.15, -0.1) is 0 Å². The Morgan fingerprint density at radius 3 is 2.69 bits per heavy atom. The van der Waals surface area contributed by atoms with Crippen LogP contribution in [0.4, 0.5) is 10.1 Å². The molecule has 1 atom stereocenters. The zero-order valence-corrected chi connectivity index (χ0v) is 15.8. The van der Waals surface area contributed by atoms with E-state index in [9.17, 15) is 9.18 Å². The molecule has 0 saturated heterocycles. The first-order valence-electron chi connectivity index (χ1n) is 7.95. The summed E-state index contributed by atoms with van der Waals surface area (Å²) in [6.45, 7) is 1.79. The van der Waals surface area contributed by atoms with Crippen LogP contribution in [0.3, 0.4) is 0 Å². The maximum atomic E-state index is 13.1. The second-order valence-electron chi connectivity index (χ2n) is 5.72. The van der Waals surface area contributed by atoms with Crippen molar-refractivity contribution in [3.8, 4) is 11.3 Å². The van der Waals surface area contributed by atoms with E-state index in [4.69, 9.17) is 11.6 Å². The molecule has 0 fully saturated rings. The molecule has 0 spiro atoms. The third kappa shape index (κ3) is 4.08. The molecule has 0 aliphatic heterocycles. The zero-order chi connectivity index (χ0) is 18.7. The van der Waals surface area contributed by atoms with Gasteiger partial charge < -0.3 is 9.88 Å². The molecule has 3 rings (SSSR count). The van der Waals surface area contributed by atoms with E-state index < -0.39 is 11.1 Å². The molecule has 4 nitrogen and oxygen atoms in total. The van der Waals surface area contributed by atoms with E-state index in [1.807, 2.05) is 41.9 Å². The number of hydrogen-bond acceptors (Lipinski definition) is 3. The Kier molecular flexibility index (Phi) is 5.64. The summed E-state index contributed by atoms with van der Waals surface area (Å²) >= 11 is 7.30. The van der Waals surface area contributed by atoms with Gasteiger partial charge >= 0.3 is 0 Å². The highest BCUT2D eigenvalue weighted by Crippen LogP contribution is 2.29. The van der Waals surface area contributed by atoms with Crippen molar-refractivity contribution >= 4 is 35.0 Å². The molecule has 0 bridgehead atoms. The fourth-order valence-electron chi connectivity index (χ4n) is 2.42. The van der Waals surface area contributed by atoms with Crippen molar-refractivity contribution in [3.05, 3.63) is 65.6 Å². The zero-order valence-electron chi connectivity index (χ0n) is 14.2. The van der Waals surface area contributed by atoms with Crippen molar-refractivity contribution in [1.82, 2.24) is 9.55 Å². The van der Waals surface area contributed by atoms with E-state index in [0.717, 1.165) is 16.4 Å². The van der Waals surface area contributed by atoms with Gasteiger partial charge in [0.1, 0.15) is 5.82 Å². The van der Waals surface area contributed by atoms with Crippen molar-refractivity contribution in [2.24, 2.45) is 7.05 Å². The number of aromatic nitrogens is 2. The fraction of sp³-hybridized carbons (Fsp3) is 0.158. The van der Waals surface area contributed by atoms with Crippen LogP contribution < -0.4 is 5.32 Å². The molecular formula is C19H17ClFN3OS. The SMILES string of the molecule is C[C@@H](Sc1ncc(-c2ccccc2)n1C)C(=O)Nc1ccc(F)cc1Cl. The van der Waals surface area contributed by atoms with E-state index in [-0.39, 0.29) is 10.9 Å². The van der Waals surface area contributed by atoms with Crippen LogP contribution in [-0.4, -0.2) is 20.7 Å². The maximum absolute atomic E-state index is 13.1. The van der Waals surface area contributed by atoms with Crippen LogP contribution in [0, 0.1) is 5.82 Å². The van der Waals surface area contributed by atoms with Crippen LogP contribution in [0.15, 0.2) is 59.9 Å². The van der Waals surface area contributed by atoms with Gasteiger partial charge in [0.05, 0.1) is 27.9 Å². The summed E-state index contributed by atoms with van der Waals surface area (Å²) < 4.78 is 15.1. The average Bonchev–Trinajstić information content (AvgIpc) is 2.98. The summed E-state index contributed by atoms with van der Waals surface area (Å²) in [5.41, 5.74) is 2.42. The van der Waals surface area contributed by atoms with Crippen molar-refractivity contribution in [3.63, 3.8) is 0 Å². The highest BCUT2D eigenvalue weighted by molar-refractivity contribution is 8.00. The molecule has 7 heteroatoms. The topological polar surface area (TPSA) is 46.9 Å². The summed E-state index contributed by atoms with van der Waals surface area (Å²) in [7, 11) is 1.92. The number of carbonyl (C=O) groups excluding carboxylic acids is 1. The molecule has 1 N–H and O–H groups in total. The van der Waals surface area contributed by atoms with Gasteiger partial charge in [0.25, 0.3) is 0 Å². The first kappa shape index (κ1) is 18.5. The predicted molar refractivity (Wildman–Crippen MR) is 104 cm³/mol. The molecule has 26 heavy (non-hydrogen) atoms. The number of amides is 1. The molecule has 0 saturated carbocycles. The molecule has 0 unspecified atom stereocenters. The first-order valence-corrected chi connectivity index (χ1v) is 9.21. The number of thioether (sulfide) groups is 1. The van der Waals surface area contributed by atoms with Gasteiger partial charge in [-0.05, 0) is 30.7 Å². The molecule has 0 radical (unpaired) electrons. The Hall–Kier alpha value is -2.31. The van der Waals surface area contributed by atoms with Gasteiger partial charge in [-0.2, -0.15) is 0 Å². The second kappa shape index (κ2) is 7.93. The summed E-state index contributed by atoms with van der Waals surface area (Å²) in [5.74, 6) is -0.676. The van der Waals surface area contributed by atoms with Gasteiger partial charge in [0.15, 0.2) is 5.16 Å². The monoisotopic (exact) mass is 389 g/mol. The Morgan fingerprint density at radius 2 is 2.00 bits per heavy atom. The Bertz CT molecular complexity index is 930. The number of nitrogens with one attached hydrogen (secondary N) is 1. The van der Waals surface area contributed by atoms with E-state index in [0.29, 0.717) is 5.69 Å². The molecule has 0 aliphatic rings. The van der Waals surface area contributed by atoms with Crippen molar-refractivity contribution < 1.29 is 9.18 Å². The lowest BCUT2D eigenvalue weighted by Gasteiger charge is -2.13. The summed E-state index contributed by atoms with van der Waals surface area (Å²) in [4.78, 5) is 16.8. The Morgan fingerprint density at radius 1 is 1.27 bits per heavy atom. The van der Waals surface area contributed by atoms with E-state index in [1.54, 1.807) is 13.1 Å². The van der Waals surface area contributed by atoms with Gasteiger partial charge in [0, 0.05) is 7.05 Å². The quantitative estimate of drug-likeness (QED) is 0.625. The standard InChI is InChI=1S/C19H17ClFN3OS/c1-12(18(25)23-16-9-8-14(21)10-15(16)20)26-19-22-11-17(24(19)2)13-6-4-3-5-7-13/h3-12H,1-2H3,(H,23,25)/t12-/m1/s1. The van der Waals surface area contributed by atoms with Crippen LogP contribution >= 0.6 is 23.4 Å². The van der Waals surface area contributed by atoms with Crippen LogP contribution in [0.5, 0.6) is 0 Å². The summed E-state index contributed by atoms with van der Waals surface area (Å²) in [5, 5.41) is 3.22. The number of anilines is 1. The molecule has 3 aromatic rings. The Labute approximate surface area is 160 Å². The third-order valence-electron chi connectivity index (χ3n) is 3.86. The highest BCUT2D eigenvalue weighted by Gasteiger charge is 2.19. The molecule has 1 amide bonds. The van der Waals surface area contributed by atoms with Crippen LogP contribution in [0.2, 0.25) is 5.02 Å². The number of imidazole rings is 1. The van der Waals surface area contributed by atoms with Crippen LogP contribution in [-0.2, 0) is 11.8 Å². The second-order valence-corrected chi connectivity index (χ2v) is 7.44. The smallest absolute Gasteiger partial charge is 0.237 e. The van der Waals surface area contributed by atoms with Gasteiger partial charge in [-0.1, -0.05) is 53.7 Å². The van der Waals surface area contributed by atoms with Crippen LogP contribution in [0.1, 0.15) is 6.92 Å². The largest absolute Gasteiger partial charge is 0.324 e. The first-order chi connectivity index (χ1) is 12.5. The van der Waals surface area contributed by atoms with Crippen molar-refractivity contribution in [2.45, 2.75) is 17.3 Å². The summed E-state index contributed by atoms with van der Waals surface area (Å²) in [6, 6.07) is 13.8. The van der Waals surface area contributed by atoms with Gasteiger partial charge in [-0.25, -0.2) is 9.37 Å². The van der Waals surface area contributed by atoms with Gasteiger partial charge in [0.2, 0.25) is 5.91 Å². The number of carbonyl (C=O) groups is 1. The highest BCUT2D eigenvalue weighted by atomic mass is 35.5. The molecule has 0 aliphatic carbocycles. The number of rotatable bonds is 5. The molecule has 1 heterocycles. The predicted octanol–water partition coefficient (Wildman–Crippen LogP) is 5.00. The lowest BCUT2D eigenvalue weighted by molar-refractivity contribution is -0.115. The molecule has 134 valence electrons. The molecule has 1 aromatic heterocycles. The molecule has 2 aromatic carbocycles.